The van der Waals surface area contributed by atoms with Crippen molar-refractivity contribution in [1.29, 1.82) is 0 Å². The van der Waals surface area contributed by atoms with Crippen LogP contribution in [0.2, 0.25) is 0 Å². The fraction of sp³-hybridized carbons (Fsp3) is 0.462. The van der Waals surface area contributed by atoms with Gasteiger partial charge in [0.2, 0.25) is 0 Å². The van der Waals surface area contributed by atoms with Crippen molar-refractivity contribution < 1.29 is 4.79 Å². The van der Waals surface area contributed by atoms with E-state index in [0.717, 1.165) is 19.3 Å². The molecule has 0 amide bonds. The fourth-order valence-corrected chi connectivity index (χ4v) is 1.54. The third kappa shape index (κ3) is 4.22. The van der Waals surface area contributed by atoms with Crippen molar-refractivity contribution in [3.63, 3.8) is 0 Å². The van der Waals surface area contributed by atoms with E-state index in [1.807, 2.05) is 43.3 Å². The Kier molecular flexibility index (Phi) is 4.98. The Morgan fingerprint density at radius 1 is 1.00 bits per heavy atom. The zero-order valence-corrected chi connectivity index (χ0v) is 8.78. The predicted molar refractivity (Wildman–Crippen MR) is 59.1 cm³/mol. The molecule has 0 bridgehead atoms. The molecule has 1 fully saturated rings. The van der Waals surface area contributed by atoms with Gasteiger partial charge in [-0.3, -0.25) is 4.79 Å². The maximum absolute atomic E-state index is 10.8. The second-order valence-corrected chi connectivity index (χ2v) is 3.77. The molecule has 1 aromatic rings. The van der Waals surface area contributed by atoms with E-state index in [9.17, 15) is 4.79 Å². The summed E-state index contributed by atoms with van der Waals surface area (Å²) in [5.74, 6) is 0.833. The van der Waals surface area contributed by atoms with Gasteiger partial charge in [-0.15, -0.1) is 0 Å². The Hall–Kier alpha value is -1.11. The van der Waals surface area contributed by atoms with Gasteiger partial charge in [0.25, 0.3) is 0 Å². The summed E-state index contributed by atoms with van der Waals surface area (Å²) in [5.41, 5.74) is 0. The summed E-state index contributed by atoms with van der Waals surface area (Å²) >= 11 is 0. The summed E-state index contributed by atoms with van der Waals surface area (Å²) in [6.45, 7) is 2.03. The Bertz CT molecular complexity index is 226. The number of ketones is 1. The van der Waals surface area contributed by atoms with E-state index in [2.05, 4.69) is 0 Å². The minimum absolute atomic E-state index is 0.365. The van der Waals surface area contributed by atoms with Crippen molar-refractivity contribution in [2.24, 2.45) is 5.92 Å². The molecular formula is C13H18O. The summed E-state index contributed by atoms with van der Waals surface area (Å²) in [6.07, 6.45) is 4.34. The van der Waals surface area contributed by atoms with Gasteiger partial charge in [-0.05, 0) is 12.8 Å². The van der Waals surface area contributed by atoms with Crippen molar-refractivity contribution >= 4 is 5.78 Å². The molecule has 1 aromatic carbocycles. The minimum atomic E-state index is 0.365. The van der Waals surface area contributed by atoms with Crippen LogP contribution in [0, 0.1) is 5.92 Å². The number of Topliss-reactive ketones (excluding diaryl/α,β-unsaturated/α-hetero) is 1. The first-order valence-electron chi connectivity index (χ1n) is 5.33. The number of carbonyl (C=O) groups excluding carboxylic acids is 1. The van der Waals surface area contributed by atoms with Gasteiger partial charge < -0.3 is 0 Å². The van der Waals surface area contributed by atoms with E-state index in [0.29, 0.717) is 11.7 Å². The van der Waals surface area contributed by atoms with Gasteiger partial charge in [-0.25, -0.2) is 0 Å². The van der Waals surface area contributed by atoms with Crippen molar-refractivity contribution in [2.45, 2.75) is 32.6 Å². The van der Waals surface area contributed by atoms with Gasteiger partial charge in [-0.2, -0.15) is 0 Å². The molecule has 0 heterocycles. The molecule has 1 atom stereocenters. The predicted octanol–water partition coefficient (Wildman–Crippen LogP) is 3.45. The lowest BCUT2D eigenvalue weighted by atomic mass is 9.90. The molecule has 1 unspecified atom stereocenters. The zero-order valence-electron chi connectivity index (χ0n) is 8.78. The molecule has 1 heteroatoms. The normalized spacial score (nSPS) is 20.9. The third-order valence-corrected chi connectivity index (χ3v) is 2.53. The monoisotopic (exact) mass is 190 g/mol. The van der Waals surface area contributed by atoms with E-state index < -0.39 is 0 Å². The summed E-state index contributed by atoms with van der Waals surface area (Å²) in [7, 11) is 0. The summed E-state index contributed by atoms with van der Waals surface area (Å²) in [5, 5.41) is 0. The first-order chi connectivity index (χ1) is 6.80. The summed E-state index contributed by atoms with van der Waals surface area (Å²) < 4.78 is 0. The second kappa shape index (κ2) is 6.36. The van der Waals surface area contributed by atoms with E-state index in [1.165, 1.54) is 6.42 Å². The van der Waals surface area contributed by atoms with Crippen LogP contribution in [0.4, 0.5) is 0 Å². The fourth-order valence-electron chi connectivity index (χ4n) is 1.54. The van der Waals surface area contributed by atoms with Crippen LogP contribution in [0.3, 0.4) is 0 Å². The number of benzene rings is 1. The van der Waals surface area contributed by atoms with Gasteiger partial charge in [0, 0.05) is 12.3 Å². The van der Waals surface area contributed by atoms with Gasteiger partial charge in [0.1, 0.15) is 5.78 Å². The summed E-state index contributed by atoms with van der Waals surface area (Å²) in [4.78, 5) is 10.8. The molecule has 1 nitrogen and oxygen atoms in total. The Labute approximate surface area is 86.1 Å². The SMILES string of the molecule is CC1CCCCC1=O.c1ccccc1. The van der Waals surface area contributed by atoms with Gasteiger partial charge >= 0.3 is 0 Å². The molecule has 0 saturated heterocycles. The molecule has 0 radical (unpaired) electrons. The Morgan fingerprint density at radius 3 is 1.79 bits per heavy atom. The first kappa shape index (κ1) is 11.0. The lowest BCUT2D eigenvalue weighted by Gasteiger charge is -2.14. The van der Waals surface area contributed by atoms with Crippen molar-refractivity contribution in [3.8, 4) is 0 Å². The van der Waals surface area contributed by atoms with Crippen LogP contribution in [0.15, 0.2) is 36.4 Å². The van der Waals surface area contributed by atoms with Crippen LogP contribution in [0.5, 0.6) is 0 Å². The molecule has 1 saturated carbocycles. The molecule has 0 spiro atoms. The van der Waals surface area contributed by atoms with E-state index in [1.54, 1.807) is 0 Å². The average Bonchev–Trinajstić information content (AvgIpc) is 2.26. The van der Waals surface area contributed by atoms with Crippen LogP contribution in [-0.2, 0) is 4.79 Å². The van der Waals surface area contributed by atoms with Crippen molar-refractivity contribution in [1.82, 2.24) is 0 Å². The molecule has 76 valence electrons. The molecule has 14 heavy (non-hydrogen) atoms. The van der Waals surface area contributed by atoms with E-state index in [-0.39, 0.29) is 0 Å². The highest BCUT2D eigenvalue weighted by Gasteiger charge is 2.16. The summed E-state index contributed by atoms with van der Waals surface area (Å²) in [6, 6.07) is 12.0. The first-order valence-corrected chi connectivity index (χ1v) is 5.33. The lowest BCUT2D eigenvalue weighted by molar-refractivity contribution is -0.123. The molecule has 1 aliphatic carbocycles. The average molecular weight is 190 g/mol. The Morgan fingerprint density at radius 2 is 1.50 bits per heavy atom. The van der Waals surface area contributed by atoms with Crippen LogP contribution >= 0.6 is 0 Å². The molecule has 0 N–H and O–H groups in total. The molecule has 1 aliphatic rings. The number of rotatable bonds is 0. The molecule has 0 aromatic heterocycles. The van der Waals surface area contributed by atoms with Crippen molar-refractivity contribution in [2.75, 3.05) is 0 Å². The highest BCUT2D eigenvalue weighted by molar-refractivity contribution is 5.81. The Balaban J connectivity index is 0.000000146. The third-order valence-electron chi connectivity index (χ3n) is 2.53. The van der Waals surface area contributed by atoms with Gasteiger partial charge in [0.05, 0.1) is 0 Å². The highest BCUT2D eigenvalue weighted by atomic mass is 16.1. The van der Waals surface area contributed by atoms with E-state index in [4.69, 9.17) is 0 Å². The van der Waals surface area contributed by atoms with Gasteiger partial charge in [-0.1, -0.05) is 49.7 Å². The lowest BCUT2D eigenvalue weighted by Crippen LogP contribution is -2.14. The largest absolute Gasteiger partial charge is 0.299 e. The van der Waals surface area contributed by atoms with Crippen LogP contribution in [0.1, 0.15) is 32.6 Å². The topological polar surface area (TPSA) is 17.1 Å². The van der Waals surface area contributed by atoms with Gasteiger partial charge in [0.15, 0.2) is 0 Å². The smallest absolute Gasteiger partial charge is 0.135 e. The zero-order chi connectivity index (χ0) is 10.2. The number of hydrogen-bond acceptors (Lipinski definition) is 1. The number of hydrogen-bond donors (Lipinski definition) is 0. The molecule has 2 rings (SSSR count). The standard InChI is InChI=1S/C7H12O.C6H6/c1-6-4-2-3-5-7(6)8;1-2-4-6-5-3-1/h6H,2-5H2,1H3;1-6H. The number of carbonyl (C=O) groups is 1. The maximum Gasteiger partial charge on any atom is 0.135 e. The van der Waals surface area contributed by atoms with E-state index >= 15 is 0 Å². The van der Waals surface area contributed by atoms with Crippen LogP contribution in [-0.4, -0.2) is 5.78 Å². The maximum atomic E-state index is 10.8. The quantitative estimate of drug-likeness (QED) is 0.612. The second-order valence-electron chi connectivity index (χ2n) is 3.77. The van der Waals surface area contributed by atoms with Crippen LogP contribution < -0.4 is 0 Å². The molecular weight excluding hydrogens is 172 g/mol. The van der Waals surface area contributed by atoms with Crippen LogP contribution in [0.25, 0.3) is 0 Å². The highest BCUT2D eigenvalue weighted by Crippen LogP contribution is 2.18. The molecule has 0 aliphatic heterocycles. The van der Waals surface area contributed by atoms with Crippen molar-refractivity contribution in [3.05, 3.63) is 36.4 Å². The minimum Gasteiger partial charge on any atom is -0.299 e.